The van der Waals surface area contributed by atoms with Crippen molar-refractivity contribution in [2.24, 2.45) is 11.8 Å². The van der Waals surface area contributed by atoms with Gasteiger partial charge in [0, 0.05) is 25.5 Å². The van der Waals surface area contributed by atoms with E-state index in [9.17, 15) is 0 Å². The van der Waals surface area contributed by atoms with Gasteiger partial charge in [-0.2, -0.15) is 0 Å². The van der Waals surface area contributed by atoms with E-state index in [1.165, 1.54) is 37.6 Å². The molecule has 3 nitrogen and oxygen atoms in total. The van der Waals surface area contributed by atoms with E-state index >= 15 is 0 Å². The monoisotopic (exact) mass is 587 g/mol. The number of hydrogen-bond donors (Lipinski definition) is 0. The zero-order valence-corrected chi connectivity index (χ0v) is 20.8. The second-order valence-corrected chi connectivity index (χ2v) is 11.2. The minimum absolute atomic E-state index is 0. The Balaban J connectivity index is 0.00000185. The van der Waals surface area contributed by atoms with Crippen molar-refractivity contribution in [3.05, 3.63) is 53.3 Å². The molecule has 0 saturated heterocycles. The molecule has 31 heavy (non-hydrogen) atoms. The molecule has 2 aromatic carbocycles. The van der Waals surface area contributed by atoms with Gasteiger partial charge in [0.15, 0.2) is 0 Å². The molecule has 161 valence electrons. The Kier molecular flexibility index (Phi) is 4.25. The van der Waals surface area contributed by atoms with Crippen molar-refractivity contribution >= 4 is 27.6 Å². The summed E-state index contributed by atoms with van der Waals surface area (Å²) in [4.78, 5) is 10.3. The molecule has 2 heterocycles. The summed E-state index contributed by atoms with van der Waals surface area (Å²) < 4.78 is 2.34. The Bertz CT molecular complexity index is 1330. The Morgan fingerprint density at radius 1 is 0.903 bits per heavy atom. The van der Waals surface area contributed by atoms with Crippen molar-refractivity contribution in [1.29, 1.82) is 0 Å². The molecule has 4 aliphatic carbocycles. The van der Waals surface area contributed by atoms with Gasteiger partial charge in [0.1, 0.15) is 5.82 Å². The van der Waals surface area contributed by atoms with Gasteiger partial charge in [-0.1, -0.05) is 26.2 Å². The quantitative estimate of drug-likeness (QED) is 0.220. The molecule has 2 unspecified atom stereocenters. The SMILES string of the molecule is CC(C)(C)c1nc2ccc[c-]c2c2nc3cc4c(cc3n12)C1CC2CC(CC4C2)C1.[Ir]. The van der Waals surface area contributed by atoms with Gasteiger partial charge in [0.25, 0.3) is 0 Å². The van der Waals surface area contributed by atoms with Crippen LogP contribution in [0.2, 0.25) is 0 Å². The zero-order chi connectivity index (χ0) is 20.2. The maximum absolute atomic E-state index is 5.19. The van der Waals surface area contributed by atoms with E-state index in [0.717, 1.165) is 51.6 Å². The van der Waals surface area contributed by atoms with Crippen molar-refractivity contribution < 1.29 is 20.1 Å². The largest absolute Gasteiger partial charge is 0.321 e. The first-order valence-corrected chi connectivity index (χ1v) is 11.6. The fraction of sp³-hybridized carbons (Fsp3) is 0.481. The minimum atomic E-state index is -0.0692. The molecule has 0 aliphatic heterocycles. The minimum Gasteiger partial charge on any atom is -0.321 e. The van der Waals surface area contributed by atoms with Crippen molar-refractivity contribution in [3.63, 3.8) is 0 Å². The summed E-state index contributed by atoms with van der Waals surface area (Å²) in [6.07, 6.45) is 7.05. The first-order chi connectivity index (χ1) is 14.5. The van der Waals surface area contributed by atoms with Gasteiger partial charge in [-0.25, -0.2) is 0 Å². The summed E-state index contributed by atoms with van der Waals surface area (Å²) in [6, 6.07) is 14.5. The molecule has 4 aliphatic rings. The molecule has 4 aromatic rings. The average Bonchev–Trinajstić information content (AvgIpc) is 3.01. The third-order valence-electron chi connectivity index (χ3n) is 8.04. The summed E-state index contributed by atoms with van der Waals surface area (Å²) in [5.74, 6) is 4.46. The molecule has 4 bridgehead atoms. The fourth-order valence-electron chi connectivity index (χ4n) is 6.97. The van der Waals surface area contributed by atoms with E-state index < -0.39 is 0 Å². The van der Waals surface area contributed by atoms with Crippen molar-refractivity contribution in [2.45, 2.75) is 70.1 Å². The van der Waals surface area contributed by atoms with E-state index in [0.29, 0.717) is 0 Å². The van der Waals surface area contributed by atoms with E-state index in [2.05, 4.69) is 49.4 Å². The van der Waals surface area contributed by atoms with Crippen molar-refractivity contribution in [3.8, 4) is 0 Å². The van der Waals surface area contributed by atoms with Crippen molar-refractivity contribution in [2.75, 3.05) is 0 Å². The molecular weight excluding hydrogens is 559 g/mol. The van der Waals surface area contributed by atoms with Crippen LogP contribution in [-0.2, 0) is 25.5 Å². The standard InChI is InChI=1S/C27H28N3.Ir/c1-27(2,3)26-29-22-7-5-4-6-19(22)25-28-23-13-20-17-9-15-8-16(10-17)12-18(11-15)21(20)14-24(23)30(25)26;/h4-5,7,13-18H,8-12H2,1-3H3;/q-1;. The Morgan fingerprint density at radius 2 is 1.58 bits per heavy atom. The van der Waals surface area contributed by atoms with Gasteiger partial charge < -0.3 is 4.40 Å². The summed E-state index contributed by atoms with van der Waals surface area (Å²) >= 11 is 0. The van der Waals surface area contributed by atoms with E-state index in [1.807, 2.05) is 12.1 Å². The number of imidazole rings is 1. The zero-order valence-electron chi connectivity index (χ0n) is 18.4. The molecule has 2 atom stereocenters. The second-order valence-electron chi connectivity index (χ2n) is 11.2. The van der Waals surface area contributed by atoms with Crippen LogP contribution < -0.4 is 0 Å². The Labute approximate surface area is 197 Å². The third-order valence-corrected chi connectivity index (χ3v) is 8.04. The normalized spacial score (nSPS) is 26.9. The molecule has 2 aromatic heterocycles. The van der Waals surface area contributed by atoms with Gasteiger partial charge in [0.05, 0.1) is 16.7 Å². The van der Waals surface area contributed by atoms with Crippen LogP contribution in [0.5, 0.6) is 0 Å². The number of nitrogens with zero attached hydrogens (tertiary/aromatic N) is 3. The number of rotatable bonds is 0. The van der Waals surface area contributed by atoms with Crippen LogP contribution in [0.25, 0.3) is 27.6 Å². The number of benzene rings is 2. The summed E-state index contributed by atoms with van der Waals surface area (Å²) in [6.45, 7) is 6.76. The maximum atomic E-state index is 5.19. The van der Waals surface area contributed by atoms with Crippen LogP contribution in [0.3, 0.4) is 0 Å². The third kappa shape index (κ3) is 2.80. The summed E-state index contributed by atoms with van der Waals surface area (Å²) in [5.41, 5.74) is 7.53. The summed E-state index contributed by atoms with van der Waals surface area (Å²) in [7, 11) is 0. The van der Waals surface area contributed by atoms with Gasteiger partial charge in [0.2, 0.25) is 0 Å². The van der Waals surface area contributed by atoms with E-state index in [4.69, 9.17) is 9.97 Å². The van der Waals surface area contributed by atoms with Crippen molar-refractivity contribution in [1.82, 2.24) is 14.4 Å². The van der Waals surface area contributed by atoms with Crippen LogP contribution >= 0.6 is 0 Å². The van der Waals surface area contributed by atoms with Crippen LogP contribution in [-0.4, -0.2) is 14.4 Å². The van der Waals surface area contributed by atoms with E-state index in [1.54, 1.807) is 11.1 Å². The number of aromatic nitrogens is 3. The maximum Gasteiger partial charge on any atom is 0.102 e. The van der Waals surface area contributed by atoms with Gasteiger partial charge in [-0.05, 0) is 84.6 Å². The van der Waals surface area contributed by atoms with Gasteiger partial charge >= 0.3 is 0 Å². The molecule has 1 radical (unpaired) electrons. The smallest absolute Gasteiger partial charge is 0.102 e. The molecule has 2 fully saturated rings. The van der Waals surface area contributed by atoms with Gasteiger partial charge in [-0.15, -0.1) is 24.3 Å². The van der Waals surface area contributed by atoms with Crippen LogP contribution in [0.1, 0.15) is 81.7 Å². The van der Waals surface area contributed by atoms with Crippen LogP contribution in [0.15, 0.2) is 30.3 Å². The van der Waals surface area contributed by atoms with Crippen LogP contribution in [0, 0.1) is 17.9 Å². The number of fused-ring (bicyclic) bond motifs is 5. The molecule has 2 saturated carbocycles. The molecule has 0 amide bonds. The Hall–Kier alpha value is -1.77. The second kappa shape index (κ2) is 6.62. The molecule has 8 rings (SSSR count). The predicted molar refractivity (Wildman–Crippen MR) is 121 cm³/mol. The molecular formula is C27H28IrN3-. The predicted octanol–water partition coefficient (Wildman–Crippen LogP) is 6.52. The number of hydrogen-bond acceptors (Lipinski definition) is 2. The Morgan fingerprint density at radius 3 is 2.26 bits per heavy atom. The van der Waals surface area contributed by atoms with Gasteiger partial charge in [-0.3, -0.25) is 9.97 Å². The fourth-order valence-corrected chi connectivity index (χ4v) is 6.97. The summed E-state index contributed by atoms with van der Waals surface area (Å²) in [5, 5.41) is 1.03. The molecule has 4 heteroatoms. The average molecular weight is 587 g/mol. The van der Waals surface area contributed by atoms with E-state index in [-0.39, 0.29) is 25.5 Å². The molecule has 0 N–H and O–H groups in total. The first-order valence-electron chi connectivity index (χ1n) is 11.6. The first kappa shape index (κ1) is 19.9. The van der Waals surface area contributed by atoms with Crippen LogP contribution in [0.4, 0.5) is 0 Å². The topological polar surface area (TPSA) is 30.2 Å². The molecule has 0 spiro atoms.